The number of halogens is 2. The summed E-state index contributed by atoms with van der Waals surface area (Å²) in [4.78, 5) is 12.2. The highest BCUT2D eigenvalue weighted by Crippen LogP contribution is 2.24. The van der Waals surface area contributed by atoms with Gasteiger partial charge in [-0.05, 0) is 31.5 Å². The van der Waals surface area contributed by atoms with Gasteiger partial charge in [-0.15, -0.1) is 10.2 Å². The van der Waals surface area contributed by atoms with Gasteiger partial charge in [0.15, 0.2) is 11.0 Å². The number of hydrogen-bond donors (Lipinski definition) is 1. The molecule has 3 aromatic rings. The molecule has 0 saturated heterocycles. The van der Waals surface area contributed by atoms with Gasteiger partial charge in [0.05, 0.1) is 21.5 Å². The van der Waals surface area contributed by atoms with Gasteiger partial charge in [-0.25, -0.2) is 5.43 Å². The molecule has 9 heteroatoms. The van der Waals surface area contributed by atoms with Crippen molar-refractivity contribution in [3.8, 4) is 11.4 Å². The summed E-state index contributed by atoms with van der Waals surface area (Å²) in [6.07, 6.45) is 0. The summed E-state index contributed by atoms with van der Waals surface area (Å²) < 4.78 is 1.98. The SMILES string of the molecule is CCn1c(SCC(=O)NN=C(C)c2ccc(Cl)c(Cl)c2)nnc1-c1ccccc1. The maximum Gasteiger partial charge on any atom is 0.250 e. The van der Waals surface area contributed by atoms with Crippen LogP contribution in [0.3, 0.4) is 0 Å². The number of benzene rings is 2. The first kappa shape index (κ1) is 21.4. The van der Waals surface area contributed by atoms with E-state index in [2.05, 4.69) is 20.7 Å². The van der Waals surface area contributed by atoms with Gasteiger partial charge in [-0.1, -0.05) is 71.4 Å². The van der Waals surface area contributed by atoms with E-state index < -0.39 is 0 Å². The van der Waals surface area contributed by atoms with Crippen molar-refractivity contribution in [3.63, 3.8) is 0 Å². The third-order valence-electron chi connectivity index (χ3n) is 4.08. The Labute approximate surface area is 183 Å². The van der Waals surface area contributed by atoms with Crippen LogP contribution in [0.2, 0.25) is 10.0 Å². The molecule has 0 atom stereocenters. The standard InChI is InChI=1S/C20H19Cl2N5OS/c1-3-27-19(14-7-5-4-6-8-14)25-26-20(27)29-12-18(28)24-23-13(2)15-9-10-16(21)17(22)11-15/h4-11H,3,12H2,1-2H3,(H,24,28). The summed E-state index contributed by atoms with van der Waals surface area (Å²) in [5, 5.41) is 14.2. The van der Waals surface area contributed by atoms with E-state index in [0.29, 0.717) is 27.5 Å². The molecule has 0 spiro atoms. The summed E-state index contributed by atoms with van der Waals surface area (Å²) in [5.41, 5.74) is 4.95. The second-order valence-electron chi connectivity index (χ2n) is 6.07. The first-order valence-corrected chi connectivity index (χ1v) is 10.6. The molecule has 0 bridgehead atoms. The van der Waals surface area contributed by atoms with Gasteiger partial charge in [0, 0.05) is 12.1 Å². The van der Waals surface area contributed by atoms with Gasteiger partial charge in [0.25, 0.3) is 5.91 Å². The fraction of sp³-hybridized carbons (Fsp3) is 0.200. The van der Waals surface area contributed by atoms with Crippen molar-refractivity contribution in [1.29, 1.82) is 0 Å². The Morgan fingerprint density at radius 1 is 1.14 bits per heavy atom. The largest absolute Gasteiger partial charge is 0.302 e. The maximum atomic E-state index is 12.2. The maximum absolute atomic E-state index is 12.2. The van der Waals surface area contributed by atoms with E-state index in [1.807, 2.05) is 41.8 Å². The Morgan fingerprint density at radius 3 is 2.59 bits per heavy atom. The molecule has 0 aliphatic rings. The normalized spacial score (nSPS) is 11.5. The number of amides is 1. The van der Waals surface area contributed by atoms with Crippen LogP contribution in [0.15, 0.2) is 58.8 Å². The zero-order valence-corrected chi connectivity index (χ0v) is 18.2. The predicted molar refractivity (Wildman–Crippen MR) is 119 cm³/mol. The summed E-state index contributed by atoms with van der Waals surface area (Å²) in [6.45, 7) is 4.51. The predicted octanol–water partition coefficient (Wildman–Crippen LogP) is 4.90. The van der Waals surface area contributed by atoms with E-state index in [0.717, 1.165) is 17.0 Å². The molecule has 1 amide bonds. The topological polar surface area (TPSA) is 72.2 Å². The Kier molecular flexibility index (Phi) is 7.30. The van der Waals surface area contributed by atoms with Crippen LogP contribution >= 0.6 is 35.0 Å². The van der Waals surface area contributed by atoms with Gasteiger partial charge >= 0.3 is 0 Å². The Hall–Kier alpha value is -2.35. The van der Waals surface area contributed by atoms with E-state index in [1.54, 1.807) is 25.1 Å². The third kappa shape index (κ3) is 5.38. The van der Waals surface area contributed by atoms with Crippen molar-refractivity contribution in [2.75, 3.05) is 5.75 Å². The molecule has 1 N–H and O–H groups in total. The minimum atomic E-state index is -0.235. The van der Waals surface area contributed by atoms with E-state index >= 15 is 0 Å². The van der Waals surface area contributed by atoms with E-state index in [9.17, 15) is 4.79 Å². The van der Waals surface area contributed by atoms with Crippen LogP contribution in [0.25, 0.3) is 11.4 Å². The van der Waals surface area contributed by atoms with Crippen LogP contribution in [-0.2, 0) is 11.3 Å². The van der Waals surface area contributed by atoms with Crippen LogP contribution in [0.4, 0.5) is 0 Å². The van der Waals surface area contributed by atoms with Crippen LogP contribution in [0, 0.1) is 0 Å². The second kappa shape index (κ2) is 9.91. The fourth-order valence-electron chi connectivity index (χ4n) is 2.58. The average Bonchev–Trinajstić information content (AvgIpc) is 3.16. The number of carbonyl (C=O) groups is 1. The number of rotatable bonds is 7. The fourth-order valence-corrected chi connectivity index (χ4v) is 3.67. The first-order chi connectivity index (χ1) is 14.0. The molecule has 0 saturated carbocycles. The Balaban J connectivity index is 1.62. The van der Waals surface area contributed by atoms with Crippen molar-refractivity contribution in [3.05, 3.63) is 64.1 Å². The highest BCUT2D eigenvalue weighted by molar-refractivity contribution is 7.99. The highest BCUT2D eigenvalue weighted by Gasteiger charge is 2.14. The molecule has 29 heavy (non-hydrogen) atoms. The van der Waals surface area contributed by atoms with Crippen molar-refractivity contribution >= 4 is 46.6 Å². The molecule has 150 valence electrons. The van der Waals surface area contributed by atoms with Crippen LogP contribution in [0.5, 0.6) is 0 Å². The number of nitrogens with zero attached hydrogens (tertiary/aromatic N) is 4. The summed E-state index contributed by atoms with van der Waals surface area (Å²) in [7, 11) is 0. The zero-order chi connectivity index (χ0) is 20.8. The molecule has 2 aromatic carbocycles. The number of hydrogen-bond acceptors (Lipinski definition) is 5. The highest BCUT2D eigenvalue weighted by atomic mass is 35.5. The molecule has 0 radical (unpaired) electrons. The van der Waals surface area contributed by atoms with E-state index in [1.165, 1.54) is 11.8 Å². The van der Waals surface area contributed by atoms with Gasteiger partial charge in [0.1, 0.15) is 0 Å². The zero-order valence-electron chi connectivity index (χ0n) is 15.9. The summed E-state index contributed by atoms with van der Waals surface area (Å²) in [5.74, 6) is 0.719. The van der Waals surface area contributed by atoms with Crippen molar-refractivity contribution in [1.82, 2.24) is 20.2 Å². The average molecular weight is 448 g/mol. The van der Waals surface area contributed by atoms with Crippen molar-refractivity contribution in [2.24, 2.45) is 5.10 Å². The van der Waals surface area contributed by atoms with Crippen LogP contribution in [0.1, 0.15) is 19.4 Å². The molecule has 0 aliphatic heterocycles. The summed E-state index contributed by atoms with van der Waals surface area (Å²) in [6, 6.07) is 15.0. The minimum absolute atomic E-state index is 0.172. The van der Waals surface area contributed by atoms with Gasteiger partial charge in [-0.2, -0.15) is 5.10 Å². The number of hydrazone groups is 1. The molecule has 0 unspecified atom stereocenters. The molecule has 6 nitrogen and oxygen atoms in total. The molecule has 0 aliphatic carbocycles. The number of carbonyl (C=O) groups excluding carboxylic acids is 1. The van der Waals surface area contributed by atoms with E-state index in [4.69, 9.17) is 23.2 Å². The molecule has 1 heterocycles. The second-order valence-corrected chi connectivity index (χ2v) is 7.82. The number of aromatic nitrogens is 3. The van der Waals surface area contributed by atoms with Crippen molar-refractivity contribution < 1.29 is 4.79 Å². The van der Waals surface area contributed by atoms with Crippen LogP contribution in [-0.4, -0.2) is 32.1 Å². The summed E-state index contributed by atoms with van der Waals surface area (Å²) >= 11 is 13.3. The Morgan fingerprint density at radius 2 is 1.90 bits per heavy atom. The molecular weight excluding hydrogens is 429 g/mol. The smallest absolute Gasteiger partial charge is 0.250 e. The minimum Gasteiger partial charge on any atom is -0.302 e. The lowest BCUT2D eigenvalue weighted by Crippen LogP contribution is -2.21. The van der Waals surface area contributed by atoms with Crippen LogP contribution < -0.4 is 5.43 Å². The Bertz CT molecular complexity index is 1040. The van der Waals surface area contributed by atoms with Gasteiger partial charge in [0.2, 0.25) is 0 Å². The lowest BCUT2D eigenvalue weighted by molar-refractivity contribution is -0.118. The lowest BCUT2D eigenvalue weighted by atomic mass is 10.1. The quantitative estimate of drug-likeness (QED) is 0.317. The third-order valence-corrected chi connectivity index (χ3v) is 5.79. The number of thioether (sulfide) groups is 1. The molecule has 1 aromatic heterocycles. The molecule has 3 rings (SSSR count). The monoisotopic (exact) mass is 447 g/mol. The van der Waals surface area contributed by atoms with Gasteiger partial charge in [-0.3, -0.25) is 4.79 Å². The molecule has 0 fully saturated rings. The van der Waals surface area contributed by atoms with Gasteiger partial charge < -0.3 is 4.57 Å². The number of nitrogens with one attached hydrogen (secondary N) is 1. The molecular formula is C20H19Cl2N5OS. The van der Waals surface area contributed by atoms with Crippen molar-refractivity contribution in [2.45, 2.75) is 25.5 Å². The van der Waals surface area contributed by atoms with E-state index in [-0.39, 0.29) is 11.7 Å². The first-order valence-electron chi connectivity index (χ1n) is 8.89. The lowest BCUT2D eigenvalue weighted by Gasteiger charge is -2.07.